The Morgan fingerprint density at radius 2 is 1.93 bits per heavy atom. The lowest BCUT2D eigenvalue weighted by atomic mass is 10.1. The quantitative estimate of drug-likeness (QED) is 0.617. The minimum absolute atomic E-state index is 0.223. The second-order valence-electron chi connectivity index (χ2n) is 5.96. The van der Waals surface area contributed by atoms with Crippen molar-refractivity contribution in [2.24, 2.45) is 5.73 Å². The molecule has 11 heteroatoms. The lowest BCUT2D eigenvalue weighted by Gasteiger charge is -2.13. The van der Waals surface area contributed by atoms with Crippen molar-refractivity contribution in [2.75, 3.05) is 0 Å². The van der Waals surface area contributed by atoms with Gasteiger partial charge in [-0.15, -0.1) is 23.4 Å². The average Bonchev–Trinajstić information content (AvgIpc) is 3.17. The molecule has 1 amide bonds. The third-order valence-electron chi connectivity index (χ3n) is 3.79. The third kappa shape index (κ3) is 5.68. The van der Waals surface area contributed by atoms with E-state index in [0.717, 1.165) is 16.9 Å². The topological polar surface area (TPSA) is 111 Å². The Morgan fingerprint density at radius 1 is 1.20 bits per heavy atom. The van der Waals surface area contributed by atoms with Crippen molar-refractivity contribution in [3.05, 3.63) is 64.7 Å². The molecule has 7 nitrogen and oxygen atoms in total. The first-order valence-corrected chi connectivity index (χ1v) is 9.20. The molecule has 0 saturated heterocycles. The largest absolute Gasteiger partial charge is 0.573 e. The molecule has 0 aliphatic carbocycles. The number of hydrogen-bond donors (Lipinski definition) is 1. The van der Waals surface area contributed by atoms with E-state index in [0.29, 0.717) is 21.1 Å². The molecular weight excluding hydrogens is 421 g/mol. The van der Waals surface area contributed by atoms with Gasteiger partial charge >= 0.3 is 12.5 Å². The van der Waals surface area contributed by atoms with Gasteiger partial charge in [-0.05, 0) is 29.8 Å². The number of benzene rings is 2. The monoisotopic (exact) mass is 434 g/mol. The van der Waals surface area contributed by atoms with Gasteiger partial charge in [0.2, 0.25) is 0 Å². The van der Waals surface area contributed by atoms with Gasteiger partial charge < -0.3 is 15.2 Å². The van der Waals surface area contributed by atoms with Crippen LogP contribution in [-0.2, 0) is 11.2 Å². The lowest BCUT2D eigenvalue weighted by Crippen LogP contribution is -2.19. The Labute approximate surface area is 172 Å². The zero-order chi connectivity index (χ0) is 21.7. The molecule has 0 aliphatic heterocycles. The maximum absolute atomic E-state index is 12.4. The van der Waals surface area contributed by atoms with Crippen LogP contribution >= 0.6 is 11.3 Å². The highest BCUT2D eigenvalue weighted by molar-refractivity contribution is 7.14. The van der Waals surface area contributed by atoms with E-state index in [1.807, 2.05) is 6.07 Å². The van der Waals surface area contributed by atoms with Gasteiger partial charge in [-0.1, -0.05) is 35.6 Å². The highest BCUT2D eigenvalue weighted by atomic mass is 32.1. The minimum Gasteiger partial charge on any atom is -0.439 e. The van der Waals surface area contributed by atoms with E-state index in [4.69, 9.17) is 15.7 Å². The van der Waals surface area contributed by atoms with Crippen molar-refractivity contribution in [3.8, 4) is 22.4 Å². The molecule has 2 N–H and O–H groups in total. The number of halogens is 3. The first-order chi connectivity index (χ1) is 14.2. The molecule has 1 atom stereocenters. The van der Waals surface area contributed by atoms with E-state index in [9.17, 15) is 18.0 Å². The standard InChI is InChI=1S/C19H13F3N4O3S/c20-19(21,22)29-14-3-1-2-13(9-14)16-25-26-17(30-16)15(28-18(24)27)8-11-4-6-12(10-23)7-5-11/h1-7,9,15H,8H2,(H2,24,27)/t15-/m0/s1. The number of hydrogen-bond acceptors (Lipinski definition) is 7. The molecule has 3 aromatic rings. The molecule has 0 spiro atoms. The number of alkyl halides is 3. The van der Waals surface area contributed by atoms with Gasteiger partial charge in [-0.25, -0.2) is 4.79 Å². The number of ether oxygens (including phenoxy) is 2. The minimum atomic E-state index is -4.81. The normalized spacial score (nSPS) is 12.1. The summed E-state index contributed by atoms with van der Waals surface area (Å²) in [6.07, 6.45) is -6.45. The average molecular weight is 434 g/mol. The predicted octanol–water partition coefficient (Wildman–Crippen LogP) is 4.35. The van der Waals surface area contributed by atoms with Crippen LogP contribution in [0.3, 0.4) is 0 Å². The van der Waals surface area contributed by atoms with Crippen molar-refractivity contribution >= 4 is 17.4 Å². The molecule has 0 saturated carbocycles. The molecule has 1 aromatic heterocycles. The Bertz CT molecular complexity index is 1080. The van der Waals surface area contributed by atoms with Crippen LogP contribution in [0.5, 0.6) is 5.75 Å². The molecule has 2 aromatic carbocycles. The van der Waals surface area contributed by atoms with E-state index in [1.165, 1.54) is 18.2 Å². The van der Waals surface area contributed by atoms with Crippen LogP contribution in [0.2, 0.25) is 0 Å². The van der Waals surface area contributed by atoms with Crippen LogP contribution in [0.25, 0.3) is 10.6 Å². The molecule has 3 rings (SSSR count). The Morgan fingerprint density at radius 3 is 2.57 bits per heavy atom. The number of carbonyl (C=O) groups excluding carboxylic acids is 1. The molecule has 1 heterocycles. The zero-order valence-corrected chi connectivity index (χ0v) is 15.9. The molecule has 0 radical (unpaired) electrons. The van der Waals surface area contributed by atoms with Crippen LogP contribution < -0.4 is 10.5 Å². The Kier molecular flexibility index (Phi) is 6.17. The maximum Gasteiger partial charge on any atom is 0.573 e. The highest BCUT2D eigenvalue weighted by Gasteiger charge is 2.31. The molecule has 30 heavy (non-hydrogen) atoms. The number of carbonyl (C=O) groups is 1. The van der Waals surface area contributed by atoms with Crippen LogP contribution in [0.15, 0.2) is 48.5 Å². The first kappa shape index (κ1) is 21.1. The fourth-order valence-corrected chi connectivity index (χ4v) is 3.43. The van der Waals surface area contributed by atoms with Gasteiger partial charge in [-0.2, -0.15) is 5.26 Å². The Balaban J connectivity index is 1.84. The maximum atomic E-state index is 12.4. The number of amides is 1. The molecular formula is C19H13F3N4O3S. The van der Waals surface area contributed by atoms with Crippen molar-refractivity contribution in [3.63, 3.8) is 0 Å². The van der Waals surface area contributed by atoms with E-state index < -0.39 is 18.6 Å². The fourth-order valence-electron chi connectivity index (χ4n) is 2.56. The Hall–Kier alpha value is -3.65. The van der Waals surface area contributed by atoms with Crippen LogP contribution in [0.4, 0.5) is 18.0 Å². The SMILES string of the molecule is N#Cc1ccc(C[C@H](OC(N)=O)c2nnc(-c3cccc(OC(F)(F)F)c3)s2)cc1. The number of primary amides is 1. The molecule has 154 valence electrons. The molecule has 0 fully saturated rings. The van der Waals surface area contributed by atoms with Crippen LogP contribution in [0, 0.1) is 11.3 Å². The van der Waals surface area contributed by atoms with Crippen molar-refractivity contribution in [1.82, 2.24) is 10.2 Å². The summed E-state index contributed by atoms with van der Waals surface area (Å²) in [5, 5.41) is 17.5. The van der Waals surface area contributed by atoms with Crippen molar-refractivity contribution in [2.45, 2.75) is 18.9 Å². The molecule has 0 unspecified atom stereocenters. The van der Waals surface area contributed by atoms with Gasteiger partial charge in [0.05, 0.1) is 11.6 Å². The highest BCUT2D eigenvalue weighted by Crippen LogP contribution is 2.33. The van der Waals surface area contributed by atoms with E-state index in [-0.39, 0.29) is 12.2 Å². The van der Waals surface area contributed by atoms with E-state index >= 15 is 0 Å². The number of rotatable bonds is 6. The zero-order valence-electron chi connectivity index (χ0n) is 15.1. The second-order valence-corrected chi connectivity index (χ2v) is 6.97. The summed E-state index contributed by atoms with van der Waals surface area (Å²) in [5.41, 5.74) is 6.75. The lowest BCUT2D eigenvalue weighted by molar-refractivity contribution is -0.274. The van der Waals surface area contributed by atoms with E-state index in [2.05, 4.69) is 14.9 Å². The number of nitriles is 1. The number of aromatic nitrogens is 2. The summed E-state index contributed by atoms with van der Waals surface area (Å²) in [5.74, 6) is -0.390. The molecule has 0 aliphatic rings. The summed E-state index contributed by atoms with van der Waals surface area (Å²) in [6.45, 7) is 0. The molecule has 0 bridgehead atoms. The van der Waals surface area contributed by atoms with Gasteiger partial charge in [0.1, 0.15) is 10.8 Å². The number of nitrogens with zero attached hydrogens (tertiary/aromatic N) is 3. The first-order valence-electron chi connectivity index (χ1n) is 8.38. The van der Waals surface area contributed by atoms with Gasteiger partial charge in [0, 0.05) is 12.0 Å². The summed E-state index contributed by atoms with van der Waals surface area (Å²) >= 11 is 1.05. The van der Waals surface area contributed by atoms with Crippen LogP contribution in [0.1, 0.15) is 22.2 Å². The van der Waals surface area contributed by atoms with Crippen molar-refractivity contribution in [1.29, 1.82) is 5.26 Å². The van der Waals surface area contributed by atoms with E-state index in [1.54, 1.807) is 30.3 Å². The van der Waals surface area contributed by atoms with Crippen LogP contribution in [-0.4, -0.2) is 22.7 Å². The third-order valence-corrected chi connectivity index (χ3v) is 4.86. The smallest absolute Gasteiger partial charge is 0.439 e. The fraction of sp³-hybridized carbons (Fsp3) is 0.158. The van der Waals surface area contributed by atoms with Gasteiger partial charge in [0.15, 0.2) is 11.1 Å². The summed E-state index contributed by atoms with van der Waals surface area (Å²) in [4.78, 5) is 11.3. The summed E-state index contributed by atoms with van der Waals surface area (Å²) < 4.78 is 46.4. The summed E-state index contributed by atoms with van der Waals surface area (Å²) in [7, 11) is 0. The van der Waals surface area contributed by atoms with Gasteiger partial charge in [-0.3, -0.25) is 0 Å². The van der Waals surface area contributed by atoms with Gasteiger partial charge in [0.25, 0.3) is 0 Å². The number of nitrogens with two attached hydrogens (primary N) is 1. The summed E-state index contributed by atoms with van der Waals surface area (Å²) in [6, 6.07) is 14.0. The van der Waals surface area contributed by atoms with Crippen molar-refractivity contribution < 1.29 is 27.4 Å². The second kappa shape index (κ2) is 8.79. The predicted molar refractivity (Wildman–Crippen MR) is 100 cm³/mol.